The highest BCUT2D eigenvalue weighted by molar-refractivity contribution is 14.0. The van der Waals surface area contributed by atoms with E-state index >= 15 is 0 Å². The predicted molar refractivity (Wildman–Crippen MR) is 125 cm³/mol. The van der Waals surface area contributed by atoms with Gasteiger partial charge in [0.25, 0.3) is 0 Å². The number of aryl methyl sites for hydroxylation is 1. The van der Waals surface area contributed by atoms with Gasteiger partial charge in [0.05, 0.1) is 18.7 Å². The number of rotatable bonds is 7. The molecule has 0 heterocycles. The van der Waals surface area contributed by atoms with Crippen LogP contribution < -0.4 is 10.6 Å². The Labute approximate surface area is 182 Å². The fraction of sp³-hybridized carbons (Fsp3) is 0.667. The Kier molecular flexibility index (Phi) is 11.3. The molecule has 1 fully saturated rings. The van der Waals surface area contributed by atoms with Crippen LogP contribution in [0.15, 0.2) is 29.3 Å². The fourth-order valence-corrected chi connectivity index (χ4v) is 3.45. The lowest BCUT2D eigenvalue weighted by atomic mass is 9.93. The van der Waals surface area contributed by atoms with E-state index in [1.807, 2.05) is 0 Å². The molecule has 0 aliphatic heterocycles. The molecule has 1 atom stereocenters. The first-order valence-corrected chi connectivity index (χ1v) is 10.0. The Balaban J connectivity index is 0.00000364. The van der Waals surface area contributed by atoms with Crippen molar-refractivity contribution >= 4 is 29.9 Å². The molecule has 1 saturated carbocycles. The minimum absolute atomic E-state index is 0. The average molecular weight is 488 g/mol. The number of nitrogens with zero attached hydrogens (tertiary/aromatic N) is 2. The summed E-state index contributed by atoms with van der Waals surface area (Å²) in [4.78, 5) is 7.08. The van der Waals surface area contributed by atoms with Gasteiger partial charge in [-0.2, -0.15) is 0 Å². The number of halogens is 1. The van der Waals surface area contributed by atoms with Gasteiger partial charge in [0.2, 0.25) is 0 Å². The molecule has 5 nitrogen and oxygen atoms in total. The van der Waals surface area contributed by atoms with Crippen LogP contribution in [0.3, 0.4) is 0 Å². The fourth-order valence-electron chi connectivity index (χ4n) is 3.45. The highest BCUT2D eigenvalue weighted by Crippen LogP contribution is 2.20. The van der Waals surface area contributed by atoms with Crippen molar-refractivity contribution in [2.75, 3.05) is 27.2 Å². The average Bonchev–Trinajstić information content (AvgIpc) is 2.64. The first kappa shape index (κ1) is 24.2. The number of hydrogen-bond donors (Lipinski definition) is 3. The van der Waals surface area contributed by atoms with Gasteiger partial charge in [-0.1, -0.05) is 31.2 Å². The molecule has 27 heavy (non-hydrogen) atoms. The zero-order chi connectivity index (χ0) is 18.9. The lowest BCUT2D eigenvalue weighted by Gasteiger charge is -2.28. The summed E-state index contributed by atoms with van der Waals surface area (Å²) in [6, 6.07) is 9.53. The van der Waals surface area contributed by atoms with Crippen LogP contribution in [-0.4, -0.2) is 55.3 Å². The predicted octanol–water partition coefficient (Wildman–Crippen LogP) is 3.33. The number of nitrogens with one attached hydrogen (secondary N) is 2. The number of guanidine groups is 1. The van der Waals surface area contributed by atoms with Crippen molar-refractivity contribution in [2.45, 2.75) is 64.1 Å². The van der Waals surface area contributed by atoms with Gasteiger partial charge in [-0.3, -0.25) is 4.99 Å². The molecule has 154 valence electrons. The van der Waals surface area contributed by atoms with Crippen LogP contribution in [0, 0.1) is 0 Å². The maximum atomic E-state index is 9.69. The van der Waals surface area contributed by atoms with E-state index in [-0.39, 0.29) is 36.1 Å². The first-order chi connectivity index (χ1) is 12.5. The molecule has 0 radical (unpaired) electrons. The first-order valence-electron chi connectivity index (χ1n) is 10.0. The molecule has 0 amide bonds. The van der Waals surface area contributed by atoms with Gasteiger partial charge in [-0.15, -0.1) is 24.0 Å². The summed E-state index contributed by atoms with van der Waals surface area (Å²) >= 11 is 0. The lowest BCUT2D eigenvalue weighted by Crippen LogP contribution is -2.45. The second-order valence-electron chi connectivity index (χ2n) is 7.44. The van der Waals surface area contributed by atoms with E-state index in [9.17, 15) is 5.11 Å². The van der Waals surface area contributed by atoms with E-state index in [0.717, 1.165) is 44.6 Å². The smallest absolute Gasteiger partial charge is 0.191 e. The van der Waals surface area contributed by atoms with Gasteiger partial charge >= 0.3 is 0 Å². The van der Waals surface area contributed by atoms with E-state index in [2.05, 4.69) is 67.7 Å². The van der Waals surface area contributed by atoms with Crippen molar-refractivity contribution in [3.63, 3.8) is 0 Å². The third kappa shape index (κ3) is 7.95. The van der Waals surface area contributed by atoms with Crippen molar-refractivity contribution < 1.29 is 5.11 Å². The molecule has 0 saturated heterocycles. The summed E-state index contributed by atoms with van der Waals surface area (Å²) in [6.45, 7) is 5.83. The van der Waals surface area contributed by atoms with Crippen LogP contribution in [0.5, 0.6) is 0 Å². The van der Waals surface area contributed by atoms with Crippen LogP contribution in [0.1, 0.15) is 56.7 Å². The van der Waals surface area contributed by atoms with Crippen LogP contribution in [-0.2, 0) is 6.42 Å². The molecular weight excluding hydrogens is 451 g/mol. The molecule has 0 aromatic heterocycles. The minimum atomic E-state index is -0.128. The highest BCUT2D eigenvalue weighted by atomic mass is 127. The summed E-state index contributed by atoms with van der Waals surface area (Å²) in [5.41, 5.74) is 2.66. The number of likely N-dealkylation sites (N-methyl/N-ethyl adjacent to an activating group) is 1. The van der Waals surface area contributed by atoms with E-state index in [0.29, 0.717) is 12.6 Å². The molecule has 1 unspecified atom stereocenters. The second kappa shape index (κ2) is 12.6. The number of aliphatic hydroxyl groups excluding tert-OH is 1. The Bertz CT molecular complexity index is 554. The van der Waals surface area contributed by atoms with Gasteiger partial charge in [-0.05, 0) is 64.3 Å². The molecule has 1 aromatic rings. The van der Waals surface area contributed by atoms with Crippen molar-refractivity contribution in [2.24, 2.45) is 4.99 Å². The molecule has 2 rings (SSSR count). The standard InChI is InChI=1S/C21H36N4O.HI/c1-5-16-7-9-17(10-8-16)20(25(3)4)15-23-21(22-6-2)24-18-11-13-19(26)14-12-18;/h7-10,18-20,26H,5-6,11-15H2,1-4H3,(H2,22,23,24);1H. The number of aliphatic hydroxyl groups is 1. The second-order valence-corrected chi connectivity index (χ2v) is 7.44. The Morgan fingerprint density at radius 3 is 2.30 bits per heavy atom. The Morgan fingerprint density at radius 1 is 1.15 bits per heavy atom. The SMILES string of the molecule is CCNC(=NCC(c1ccc(CC)cc1)N(C)C)NC1CCC(O)CC1.I. The topological polar surface area (TPSA) is 59.9 Å². The zero-order valence-electron chi connectivity index (χ0n) is 17.2. The molecule has 1 aliphatic rings. The van der Waals surface area contributed by atoms with Gasteiger partial charge in [-0.25, -0.2) is 0 Å². The van der Waals surface area contributed by atoms with Crippen molar-refractivity contribution in [1.29, 1.82) is 0 Å². The minimum Gasteiger partial charge on any atom is -0.393 e. The zero-order valence-corrected chi connectivity index (χ0v) is 19.6. The number of benzene rings is 1. The van der Waals surface area contributed by atoms with Gasteiger partial charge in [0.1, 0.15) is 0 Å². The molecule has 1 aliphatic carbocycles. The van der Waals surface area contributed by atoms with Gasteiger partial charge in [0.15, 0.2) is 5.96 Å². The molecule has 1 aromatic carbocycles. The number of aliphatic imine (C=N–C) groups is 1. The van der Waals surface area contributed by atoms with Gasteiger partial charge in [0, 0.05) is 12.6 Å². The third-order valence-corrected chi connectivity index (χ3v) is 5.20. The maximum Gasteiger partial charge on any atom is 0.191 e. The van der Waals surface area contributed by atoms with Crippen molar-refractivity contribution in [3.05, 3.63) is 35.4 Å². The Hall–Kier alpha value is -0.860. The van der Waals surface area contributed by atoms with Crippen LogP contribution >= 0.6 is 24.0 Å². The highest BCUT2D eigenvalue weighted by Gasteiger charge is 2.20. The van der Waals surface area contributed by atoms with E-state index < -0.39 is 0 Å². The number of hydrogen-bond acceptors (Lipinski definition) is 3. The molecule has 0 bridgehead atoms. The van der Waals surface area contributed by atoms with E-state index in [1.165, 1.54) is 11.1 Å². The largest absolute Gasteiger partial charge is 0.393 e. The van der Waals surface area contributed by atoms with E-state index in [4.69, 9.17) is 4.99 Å². The van der Waals surface area contributed by atoms with Crippen molar-refractivity contribution in [1.82, 2.24) is 15.5 Å². The molecule has 3 N–H and O–H groups in total. The molecule has 6 heteroatoms. The van der Waals surface area contributed by atoms with Crippen LogP contribution in [0.25, 0.3) is 0 Å². The van der Waals surface area contributed by atoms with Crippen LogP contribution in [0.2, 0.25) is 0 Å². The normalized spacial score (nSPS) is 21.5. The molecular formula is C21H37IN4O. The summed E-state index contributed by atoms with van der Waals surface area (Å²) in [6.07, 6.45) is 4.69. The summed E-state index contributed by atoms with van der Waals surface area (Å²) in [7, 11) is 4.22. The molecule has 0 spiro atoms. The van der Waals surface area contributed by atoms with Crippen molar-refractivity contribution in [3.8, 4) is 0 Å². The maximum absolute atomic E-state index is 9.69. The lowest BCUT2D eigenvalue weighted by molar-refractivity contribution is 0.120. The van der Waals surface area contributed by atoms with Crippen LogP contribution in [0.4, 0.5) is 0 Å². The summed E-state index contributed by atoms with van der Waals surface area (Å²) in [5, 5.41) is 16.6. The third-order valence-electron chi connectivity index (χ3n) is 5.20. The summed E-state index contributed by atoms with van der Waals surface area (Å²) < 4.78 is 0. The monoisotopic (exact) mass is 488 g/mol. The van der Waals surface area contributed by atoms with Gasteiger partial charge < -0.3 is 20.6 Å². The summed E-state index contributed by atoms with van der Waals surface area (Å²) in [5.74, 6) is 0.880. The van der Waals surface area contributed by atoms with E-state index in [1.54, 1.807) is 0 Å². The quantitative estimate of drug-likeness (QED) is 0.313. The Morgan fingerprint density at radius 2 is 1.78 bits per heavy atom.